The van der Waals surface area contributed by atoms with Gasteiger partial charge in [0.15, 0.2) is 5.78 Å². The number of alkyl halides is 3. The minimum atomic E-state index is -4.51. The maximum atomic E-state index is 14.3. The van der Waals surface area contributed by atoms with Crippen molar-refractivity contribution < 1.29 is 27.2 Å². The summed E-state index contributed by atoms with van der Waals surface area (Å²) in [6.07, 6.45) is -2.07. The monoisotopic (exact) mass is 454 g/mol. The Hall–Kier alpha value is -2.87. The minimum Gasteiger partial charge on any atom is -0.366 e. The molecule has 0 bridgehead atoms. The number of Topliss-reactive ketones (excluding diaryl/α,β-unsaturated/α-hetero) is 1. The van der Waals surface area contributed by atoms with Crippen molar-refractivity contribution in [3.05, 3.63) is 70.0 Å². The minimum absolute atomic E-state index is 0.0936. The Morgan fingerprint density at radius 3 is 2.29 bits per heavy atom. The van der Waals surface area contributed by atoms with Gasteiger partial charge in [0, 0.05) is 42.8 Å². The molecule has 9 heteroatoms. The number of nitrogens with zero attached hydrogens (tertiary/aromatic N) is 2. The van der Waals surface area contributed by atoms with Crippen molar-refractivity contribution in [3.63, 3.8) is 0 Å². The third-order valence-corrected chi connectivity index (χ3v) is 5.36. The van der Waals surface area contributed by atoms with Crippen molar-refractivity contribution >= 4 is 35.1 Å². The van der Waals surface area contributed by atoms with E-state index in [9.17, 15) is 27.2 Å². The topological polar surface area (TPSA) is 40.6 Å². The summed E-state index contributed by atoms with van der Waals surface area (Å²) < 4.78 is 52.9. The molecule has 2 aromatic carbocycles. The van der Waals surface area contributed by atoms with Crippen LogP contribution >= 0.6 is 11.6 Å². The number of hydrogen-bond donors (Lipinski definition) is 0. The molecule has 3 rings (SSSR count). The molecule has 4 nitrogen and oxygen atoms in total. The van der Waals surface area contributed by atoms with Crippen molar-refractivity contribution in [1.82, 2.24) is 4.90 Å². The number of hydrogen-bond acceptors (Lipinski definition) is 3. The van der Waals surface area contributed by atoms with E-state index in [0.717, 1.165) is 18.2 Å². The summed E-state index contributed by atoms with van der Waals surface area (Å²) >= 11 is 5.94. The first kappa shape index (κ1) is 22.8. The Kier molecular flexibility index (Phi) is 6.69. The van der Waals surface area contributed by atoms with Gasteiger partial charge in [0.1, 0.15) is 5.82 Å². The van der Waals surface area contributed by atoms with E-state index in [4.69, 9.17) is 11.6 Å². The van der Waals surface area contributed by atoms with Crippen LogP contribution in [0.25, 0.3) is 6.08 Å². The molecule has 0 radical (unpaired) electrons. The summed E-state index contributed by atoms with van der Waals surface area (Å²) in [5, 5.41) is 0.103. The van der Waals surface area contributed by atoms with Crippen LogP contribution in [0, 0.1) is 5.82 Å². The summed E-state index contributed by atoms with van der Waals surface area (Å²) in [6.45, 7) is 2.74. The third-order valence-electron chi connectivity index (χ3n) is 5.02. The molecule has 164 valence electrons. The molecule has 0 spiro atoms. The van der Waals surface area contributed by atoms with Crippen LogP contribution in [0.15, 0.2) is 42.5 Å². The van der Waals surface area contributed by atoms with E-state index in [2.05, 4.69) is 0 Å². The number of halogens is 5. The number of benzene rings is 2. The normalized spacial score (nSPS) is 14.9. The molecule has 0 aromatic heterocycles. The standard InChI is InChI=1S/C22H19ClF4N2O2/c1-14(30)15-2-6-20(19(24)13-15)28-8-10-29(11-9-28)21(31)7-3-16-12-17(22(25,26)27)4-5-18(16)23/h2-7,12-13H,8-11H2,1H3/b7-3+. The average Bonchev–Trinajstić information content (AvgIpc) is 2.72. The molecule has 0 unspecified atom stereocenters. The second-order valence-corrected chi connectivity index (χ2v) is 7.51. The molecule has 1 aliphatic heterocycles. The van der Waals surface area contributed by atoms with Crippen LogP contribution in [0.4, 0.5) is 23.2 Å². The number of amides is 1. The number of carbonyl (C=O) groups is 2. The van der Waals surface area contributed by atoms with E-state index < -0.39 is 17.6 Å². The fraction of sp³-hybridized carbons (Fsp3) is 0.273. The van der Waals surface area contributed by atoms with E-state index in [1.54, 1.807) is 17.0 Å². The first-order valence-corrected chi connectivity index (χ1v) is 9.83. The highest BCUT2D eigenvalue weighted by molar-refractivity contribution is 6.32. The summed E-state index contributed by atoms with van der Waals surface area (Å²) in [6, 6.07) is 7.19. The molecular formula is C22H19ClF4N2O2. The van der Waals surface area contributed by atoms with Crippen LogP contribution in [0.5, 0.6) is 0 Å². The van der Waals surface area contributed by atoms with Crippen molar-refractivity contribution in [2.24, 2.45) is 0 Å². The number of carbonyl (C=O) groups excluding carboxylic acids is 2. The van der Waals surface area contributed by atoms with E-state index in [1.165, 1.54) is 30.0 Å². The largest absolute Gasteiger partial charge is 0.416 e. The van der Waals surface area contributed by atoms with Gasteiger partial charge in [-0.1, -0.05) is 11.6 Å². The lowest BCUT2D eigenvalue weighted by molar-refractivity contribution is -0.137. The molecule has 0 atom stereocenters. The van der Waals surface area contributed by atoms with Crippen molar-refractivity contribution in [3.8, 4) is 0 Å². The lowest BCUT2D eigenvalue weighted by Gasteiger charge is -2.35. The first-order chi connectivity index (χ1) is 14.6. The van der Waals surface area contributed by atoms with Gasteiger partial charge < -0.3 is 9.80 Å². The van der Waals surface area contributed by atoms with Crippen LogP contribution in [-0.2, 0) is 11.0 Å². The van der Waals surface area contributed by atoms with E-state index in [1.807, 2.05) is 0 Å². The number of rotatable bonds is 4. The quantitative estimate of drug-likeness (QED) is 0.368. The van der Waals surface area contributed by atoms with Gasteiger partial charge in [-0.15, -0.1) is 0 Å². The zero-order chi connectivity index (χ0) is 22.8. The second kappa shape index (κ2) is 9.09. The number of piperazine rings is 1. The highest BCUT2D eigenvalue weighted by Gasteiger charge is 2.30. The van der Waals surface area contributed by atoms with Crippen molar-refractivity contribution in [1.29, 1.82) is 0 Å². The van der Waals surface area contributed by atoms with Gasteiger partial charge in [0.25, 0.3) is 0 Å². The van der Waals surface area contributed by atoms with Crippen LogP contribution < -0.4 is 4.90 Å². The number of anilines is 1. The molecule has 2 aromatic rings. The van der Waals surface area contributed by atoms with E-state index in [-0.39, 0.29) is 27.8 Å². The first-order valence-electron chi connectivity index (χ1n) is 9.45. The lowest BCUT2D eigenvalue weighted by atomic mass is 10.1. The van der Waals surface area contributed by atoms with Gasteiger partial charge >= 0.3 is 6.18 Å². The van der Waals surface area contributed by atoms with Gasteiger partial charge in [-0.3, -0.25) is 9.59 Å². The van der Waals surface area contributed by atoms with Crippen molar-refractivity contribution in [2.75, 3.05) is 31.1 Å². The molecule has 0 N–H and O–H groups in total. The smallest absolute Gasteiger partial charge is 0.366 e. The predicted octanol–water partition coefficient (Wildman–Crippen LogP) is 5.06. The zero-order valence-electron chi connectivity index (χ0n) is 16.5. The van der Waals surface area contributed by atoms with E-state index in [0.29, 0.717) is 31.9 Å². The maximum absolute atomic E-state index is 14.3. The molecule has 1 heterocycles. The fourth-order valence-electron chi connectivity index (χ4n) is 3.26. The number of ketones is 1. The van der Waals surface area contributed by atoms with Gasteiger partial charge in [0.2, 0.25) is 5.91 Å². The van der Waals surface area contributed by atoms with Crippen LogP contribution in [-0.4, -0.2) is 42.8 Å². The summed E-state index contributed by atoms with van der Waals surface area (Å²) in [4.78, 5) is 27.1. The molecule has 0 aliphatic carbocycles. The molecule has 31 heavy (non-hydrogen) atoms. The molecule has 1 saturated heterocycles. The molecule has 1 fully saturated rings. The highest BCUT2D eigenvalue weighted by Crippen LogP contribution is 2.32. The highest BCUT2D eigenvalue weighted by atomic mass is 35.5. The van der Waals surface area contributed by atoms with Crippen LogP contribution in [0.2, 0.25) is 5.02 Å². The van der Waals surface area contributed by atoms with Gasteiger partial charge in [-0.25, -0.2) is 4.39 Å². The Morgan fingerprint density at radius 2 is 1.71 bits per heavy atom. The maximum Gasteiger partial charge on any atom is 0.416 e. The van der Waals surface area contributed by atoms with Crippen molar-refractivity contribution in [2.45, 2.75) is 13.1 Å². The van der Waals surface area contributed by atoms with Gasteiger partial charge in [-0.05, 0) is 55.0 Å². The Morgan fingerprint density at radius 1 is 1.03 bits per heavy atom. The zero-order valence-corrected chi connectivity index (χ0v) is 17.3. The summed E-state index contributed by atoms with van der Waals surface area (Å²) in [5.41, 5.74) is -0.122. The van der Waals surface area contributed by atoms with Gasteiger partial charge in [-0.2, -0.15) is 13.2 Å². The lowest BCUT2D eigenvalue weighted by Crippen LogP contribution is -2.48. The summed E-state index contributed by atoms with van der Waals surface area (Å²) in [7, 11) is 0. The Balaban J connectivity index is 1.64. The molecule has 0 saturated carbocycles. The van der Waals surface area contributed by atoms with Crippen LogP contribution in [0.3, 0.4) is 0 Å². The predicted molar refractivity (Wildman–Crippen MR) is 111 cm³/mol. The Bertz CT molecular complexity index is 1030. The SMILES string of the molecule is CC(=O)c1ccc(N2CCN(C(=O)/C=C/c3cc(C(F)(F)F)ccc3Cl)CC2)c(F)c1. The average molecular weight is 455 g/mol. The molecule has 1 aliphatic rings. The Labute approximate surface area is 181 Å². The molecular weight excluding hydrogens is 436 g/mol. The summed E-state index contributed by atoms with van der Waals surface area (Å²) in [5.74, 6) is -1.11. The fourth-order valence-corrected chi connectivity index (χ4v) is 3.44. The third kappa shape index (κ3) is 5.44. The van der Waals surface area contributed by atoms with Crippen LogP contribution in [0.1, 0.15) is 28.4 Å². The van der Waals surface area contributed by atoms with Gasteiger partial charge in [0.05, 0.1) is 11.3 Å². The second-order valence-electron chi connectivity index (χ2n) is 7.10. The molecule has 1 amide bonds. The van der Waals surface area contributed by atoms with E-state index >= 15 is 0 Å².